The lowest BCUT2D eigenvalue weighted by molar-refractivity contribution is -0.137. The van der Waals surface area contributed by atoms with E-state index in [1.54, 1.807) is 0 Å². The average molecular weight is 233 g/mol. The molecular formula is C10H14F3N3. The van der Waals surface area contributed by atoms with Crippen LogP contribution in [0.5, 0.6) is 0 Å². The molecule has 16 heavy (non-hydrogen) atoms. The van der Waals surface area contributed by atoms with E-state index in [9.17, 15) is 13.2 Å². The van der Waals surface area contributed by atoms with Crippen LogP contribution in [0.1, 0.15) is 18.2 Å². The Morgan fingerprint density at radius 1 is 1.44 bits per heavy atom. The van der Waals surface area contributed by atoms with Crippen LogP contribution in [0, 0.1) is 0 Å². The summed E-state index contributed by atoms with van der Waals surface area (Å²) in [6.07, 6.45) is -3.49. The van der Waals surface area contributed by atoms with E-state index in [1.807, 2.05) is 6.92 Å². The maximum atomic E-state index is 12.2. The Hall–Kier alpha value is -1.14. The molecule has 3 nitrogen and oxygen atoms in total. The third-order valence-corrected chi connectivity index (χ3v) is 2.14. The van der Waals surface area contributed by atoms with Gasteiger partial charge in [0.25, 0.3) is 0 Å². The molecule has 0 saturated heterocycles. The van der Waals surface area contributed by atoms with Gasteiger partial charge in [0, 0.05) is 25.3 Å². The molecule has 0 fully saturated rings. The smallest absolute Gasteiger partial charge is 0.329 e. The Morgan fingerprint density at radius 3 is 2.56 bits per heavy atom. The highest BCUT2D eigenvalue weighted by Gasteiger charge is 2.30. The van der Waals surface area contributed by atoms with Gasteiger partial charge in [-0.15, -0.1) is 0 Å². The van der Waals surface area contributed by atoms with Gasteiger partial charge in [0.15, 0.2) is 0 Å². The van der Waals surface area contributed by atoms with Gasteiger partial charge in [-0.3, -0.25) is 4.98 Å². The second-order valence-electron chi connectivity index (χ2n) is 3.55. The van der Waals surface area contributed by atoms with Crippen molar-refractivity contribution in [1.29, 1.82) is 0 Å². The molecule has 1 aromatic heterocycles. The molecule has 6 heteroatoms. The average Bonchev–Trinajstić information content (AvgIpc) is 2.25. The van der Waals surface area contributed by atoms with Gasteiger partial charge in [-0.25, -0.2) is 0 Å². The summed E-state index contributed by atoms with van der Waals surface area (Å²) in [5, 5.41) is 3.04. The van der Waals surface area contributed by atoms with Gasteiger partial charge in [0.05, 0.1) is 11.3 Å². The van der Waals surface area contributed by atoms with Crippen LogP contribution in [0.2, 0.25) is 0 Å². The van der Waals surface area contributed by atoms with Gasteiger partial charge in [-0.2, -0.15) is 13.2 Å². The highest BCUT2D eigenvalue weighted by molar-refractivity contribution is 5.16. The van der Waals surface area contributed by atoms with E-state index >= 15 is 0 Å². The Labute approximate surface area is 91.9 Å². The van der Waals surface area contributed by atoms with Crippen molar-refractivity contribution in [3.63, 3.8) is 0 Å². The highest BCUT2D eigenvalue weighted by Crippen LogP contribution is 2.28. The van der Waals surface area contributed by atoms with Crippen LogP contribution in [-0.2, 0) is 12.7 Å². The van der Waals surface area contributed by atoms with E-state index in [2.05, 4.69) is 10.3 Å². The van der Waals surface area contributed by atoms with Gasteiger partial charge in [0.2, 0.25) is 0 Å². The Kier molecular flexibility index (Phi) is 4.26. The number of hydrogen-bond donors (Lipinski definition) is 2. The van der Waals surface area contributed by atoms with Crippen molar-refractivity contribution in [2.75, 3.05) is 6.54 Å². The second kappa shape index (κ2) is 5.27. The minimum absolute atomic E-state index is 0.115. The van der Waals surface area contributed by atoms with E-state index < -0.39 is 11.7 Å². The lowest BCUT2D eigenvalue weighted by atomic mass is 10.2. The summed E-state index contributed by atoms with van der Waals surface area (Å²) in [6, 6.07) is 2.50. The van der Waals surface area contributed by atoms with Crippen LogP contribution in [0.25, 0.3) is 0 Å². The molecule has 0 amide bonds. The van der Waals surface area contributed by atoms with Crippen LogP contribution in [0.3, 0.4) is 0 Å². The molecule has 0 aliphatic carbocycles. The Morgan fingerprint density at radius 2 is 2.12 bits per heavy atom. The summed E-state index contributed by atoms with van der Waals surface area (Å²) in [4.78, 5) is 3.73. The maximum absolute atomic E-state index is 12.2. The molecule has 0 aromatic carbocycles. The fourth-order valence-corrected chi connectivity index (χ4v) is 1.06. The minimum atomic E-state index is -4.33. The predicted octanol–water partition coefficient (Wildman–Crippen LogP) is 1.54. The predicted molar refractivity (Wildman–Crippen MR) is 54.6 cm³/mol. The third-order valence-electron chi connectivity index (χ3n) is 2.14. The molecule has 0 bridgehead atoms. The van der Waals surface area contributed by atoms with Crippen molar-refractivity contribution in [3.05, 3.63) is 29.6 Å². The van der Waals surface area contributed by atoms with Crippen molar-refractivity contribution < 1.29 is 13.2 Å². The van der Waals surface area contributed by atoms with E-state index in [1.165, 1.54) is 6.07 Å². The number of hydrogen-bond acceptors (Lipinski definition) is 3. The molecule has 1 heterocycles. The first kappa shape index (κ1) is 12.9. The lowest BCUT2D eigenvalue weighted by Gasteiger charge is -2.11. The number of nitrogens with two attached hydrogens (primary N) is 1. The highest BCUT2D eigenvalue weighted by atomic mass is 19.4. The summed E-state index contributed by atoms with van der Waals surface area (Å²) in [5.41, 5.74) is 5.22. The SMILES string of the molecule is C[C@@H](CN)NCc1ccc(C(F)(F)F)cn1. The molecular weight excluding hydrogens is 219 g/mol. The van der Waals surface area contributed by atoms with Crippen LogP contribution >= 0.6 is 0 Å². The number of rotatable bonds is 4. The number of nitrogens with zero attached hydrogens (tertiary/aromatic N) is 1. The largest absolute Gasteiger partial charge is 0.417 e. The van der Waals surface area contributed by atoms with Crippen LogP contribution in [0.4, 0.5) is 13.2 Å². The van der Waals surface area contributed by atoms with Gasteiger partial charge in [0.1, 0.15) is 0 Å². The summed E-state index contributed by atoms with van der Waals surface area (Å²) in [6.45, 7) is 2.78. The molecule has 0 aliphatic rings. The van der Waals surface area contributed by atoms with Crippen molar-refractivity contribution in [2.24, 2.45) is 5.73 Å². The van der Waals surface area contributed by atoms with Crippen molar-refractivity contribution in [1.82, 2.24) is 10.3 Å². The monoisotopic (exact) mass is 233 g/mol. The number of alkyl halides is 3. The molecule has 3 N–H and O–H groups in total. The fourth-order valence-electron chi connectivity index (χ4n) is 1.06. The van der Waals surface area contributed by atoms with Crippen LogP contribution in [0.15, 0.2) is 18.3 Å². The van der Waals surface area contributed by atoms with Gasteiger partial charge in [-0.05, 0) is 19.1 Å². The molecule has 0 saturated carbocycles. The molecule has 1 rings (SSSR count). The Bertz CT molecular complexity index is 321. The lowest BCUT2D eigenvalue weighted by Crippen LogP contribution is -2.32. The summed E-state index contributed by atoms with van der Waals surface area (Å²) in [7, 11) is 0. The van der Waals surface area contributed by atoms with Gasteiger partial charge >= 0.3 is 6.18 Å². The standard InChI is InChI=1S/C10H14F3N3/c1-7(4-14)15-6-9-3-2-8(5-16-9)10(11,12)13/h2-3,5,7,15H,4,6,14H2,1H3/t7-/m0/s1. The molecule has 0 spiro atoms. The van der Waals surface area contributed by atoms with Crippen LogP contribution < -0.4 is 11.1 Å². The fraction of sp³-hybridized carbons (Fsp3) is 0.500. The number of pyridine rings is 1. The zero-order valence-electron chi connectivity index (χ0n) is 8.88. The maximum Gasteiger partial charge on any atom is 0.417 e. The molecule has 1 aromatic rings. The first-order valence-electron chi connectivity index (χ1n) is 4.89. The van der Waals surface area contributed by atoms with E-state index in [0.29, 0.717) is 18.8 Å². The van der Waals surface area contributed by atoms with E-state index in [4.69, 9.17) is 5.73 Å². The quantitative estimate of drug-likeness (QED) is 0.829. The molecule has 0 radical (unpaired) electrons. The Balaban J connectivity index is 2.58. The number of nitrogens with one attached hydrogen (secondary N) is 1. The second-order valence-corrected chi connectivity index (χ2v) is 3.55. The van der Waals surface area contributed by atoms with Crippen LogP contribution in [-0.4, -0.2) is 17.6 Å². The summed E-state index contributed by atoms with van der Waals surface area (Å²) < 4.78 is 36.6. The third kappa shape index (κ3) is 3.79. The zero-order valence-corrected chi connectivity index (χ0v) is 8.88. The molecule has 90 valence electrons. The topological polar surface area (TPSA) is 50.9 Å². The molecule has 0 aliphatic heterocycles. The van der Waals surface area contributed by atoms with Gasteiger partial charge < -0.3 is 11.1 Å². The van der Waals surface area contributed by atoms with E-state index in [0.717, 1.165) is 12.3 Å². The molecule has 0 unspecified atom stereocenters. The van der Waals surface area contributed by atoms with Crippen molar-refractivity contribution in [2.45, 2.75) is 25.7 Å². The van der Waals surface area contributed by atoms with Gasteiger partial charge in [-0.1, -0.05) is 0 Å². The number of halogens is 3. The summed E-state index contributed by atoms with van der Waals surface area (Å²) >= 11 is 0. The molecule has 1 atom stereocenters. The minimum Gasteiger partial charge on any atom is -0.329 e. The van der Waals surface area contributed by atoms with E-state index in [-0.39, 0.29) is 6.04 Å². The first-order chi connectivity index (χ1) is 7.43. The first-order valence-corrected chi connectivity index (χ1v) is 4.89. The summed E-state index contributed by atoms with van der Waals surface area (Å²) in [5.74, 6) is 0. The zero-order chi connectivity index (χ0) is 12.2. The van der Waals surface area contributed by atoms with Crippen molar-refractivity contribution in [3.8, 4) is 0 Å². The normalized spacial score (nSPS) is 13.8. The van der Waals surface area contributed by atoms with Crippen molar-refractivity contribution >= 4 is 0 Å². The number of aromatic nitrogens is 1.